The predicted octanol–water partition coefficient (Wildman–Crippen LogP) is 5.73. The van der Waals surface area contributed by atoms with E-state index in [1.807, 2.05) is 12.1 Å². The number of methoxy groups -OCH3 is 1. The first-order valence-electron chi connectivity index (χ1n) is 12.8. The smallest absolute Gasteiger partial charge is 0.131 e. The second kappa shape index (κ2) is 12.9. The number of hydrogen-bond donors (Lipinski definition) is 3. The summed E-state index contributed by atoms with van der Waals surface area (Å²) < 4.78 is 25.5. The van der Waals surface area contributed by atoms with Gasteiger partial charge in [0.2, 0.25) is 0 Å². The van der Waals surface area contributed by atoms with Gasteiger partial charge in [0.25, 0.3) is 0 Å². The average molecular weight is 505 g/mol. The number of rotatable bonds is 10. The standard InChI is InChI=1S/C27H38ClFN4O2/c1-18(17-34-2)32-20-3-5-21(6-4-20)33-27-14-23(25(28)16-31-27)24-13-22(7-8-26(24)29)30-15-19-9-11-35-12-10-19/h7-8,13-14,16,18-21,30,32H,3-6,9-12,15,17H2,1-2H3,(H,31,33)/t18-,20?,21?/m1/s1. The van der Waals surface area contributed by atoms with Crippen LogP contribution in [-0.2, 0) is 9.47 Å². The zero-order chi connectivity index (χ0) is 24.6. The first-order valence-corrected chi connectivity index (χ1v) is 13.2. The van der Waals surface area contributed by atoms with Crippen LogP contribution in [0.15, 0.2) is 30.5 Å². The second-order valence-corrected chi connectivity index (χ2v) is 10.3. The van der Waals surface area contributed by atoms with Gasteiger partial charge in [-0.3, -0.25) is 0 Å². The summed E-state index contributed by atoms with van der Waals surface area (Å²) in [5.41, 5.74) is 2.03. The Bertz CT molecular complexity index is 949. The molecule has 0 amide bonds. The zero-order valence-electron chi connectivity index (χ0n) is 20.8. The lowest BCUT2D eigenvalue weighted by molar-refractivity contribution is 0.0699. The Hall–Kier alpha value is -1.93. The van der Waals surface area contributed by atoms with Crippen molar-refractivity contribution in [2.75, 3.05) is 44.1 Å². The first kappa shape index (κ1) is 26.1. The Morgan fingerprint density at radius 2 is 1.83 bits per heavy atom. The average Bonchev–Trinajstić information content (AvgIpc) is 2.87. The topological polar surface area (TPSA) is 67.4 Å². The third kappa shape index (κ3) is 7.53. The van der Waals surface area contributed by atoms with Crippen molar-refractivity contribution in [3.05, 3.63) is 41.3 Å². The molecule has 0 unspecified atom stereocenters. The Labute approximate surface area is 213 Å². The SMILES string of the molecule is COC[C@@H](C)NC1CCC(Nc2cc(-c3cc(NCC4CCOCC4)ccc3F)c(Cl)cn2)CC1. The largest absolute Gasteiger partial charge is 0.385 e. The van der Waals surface area contributed by atoms with Gasteiger partial charge in [-0.15, -0.1) is 0 Å². The van der Waals surface area contributed by atoms with Crippen LogP contribution < -0.4 is 16.0 Å². The lowest BCUT2D eigenvalue weighted by atomic mass is 9.90. The minimum absolute atomic E-state index is 0.294. The second-order valence-electron chi connectivity index (χ2n) is 9.90. The summed E-state index contributed by atoms with van der Waals surface area (Å²) in [4.78, 5) is 4.47. The highest BCUT2D eigenvalue weighted by molar-refractivity contribution is 6.33. The van der Waals surface area contributed by atoms with Crippen LogP contribution in [0.1, 0.15) is 45.4 Å². The van der Waals surface area contributed by atoms with Gasteiger partial charge in [-0.25, -0.2) is 9.37 Å². The molecular weight excluding hydrogens is 467 g/mol. The maximum Gasteiger partial charge on any atom is 0.131 e. The number of aromatic nitrogens is 1. The highest BCUT2D eigenvalue weighted by Crippen LogP contribution is 2.34. The number of ether oxygens (including phenoxy) is 2. The quantitative estimate of drug-likeness (QED) is 0.384. The minimum atomic E-state index is -0.294. The van der Waals surface area contributed by atoms with Crippen molar-refractivity contribution in [2.45, 2.75) is 63.6 Å². The number of halogens is 2. The van der Waals surface area contributed by atoms with E-state index >= 15 is 0 Å². The number of nitrogens with zero attached hydrogens (tertiary/aromatic N) is 1. The van der Waals surface area contributed by atoms with Crippen LogP contribution in [0, 0.1) is 11.7 Å². The molecule has 1 aromatic carbocycles. The summed E-state index contributed by atoms with van der Waals surface area (Å²) in [6, 6.07) is 8.21. The van der Waals surface area contributed by atoms with Crippen molar-refractivity contribution >= 4 is 23.1 Å². The molecule has 0 radical (unpaired) electrons. The van der Waals surface area contributed by atoms with Gasteiger partial charge in [-0.05, 0) is 75.6 Å². The molecule has 1 aromatic heterocycles. The number of hydrogen-bond acceptors (Lipinski definition) is 6. The Balaban J connectivity index is 1.38. The van der Waals surface area contributed by atoms with Crippen molar-refractivity contribution in [1.29, 1.82) is 0 Å². The van der Waals surface area contributed by atoms with Crippen LogP contribution in [0.25, 0.3) is 11.1 Å². The van der Waals surface area contributed by atoms with Gasteiger partial charge in [0.05, 0.1) is 11.6 Å². The molecule has 0 bridgehead atoms. The van der Waals surface area contributed by atoms with Gasteiger partial charge in [0.1, 0.15) is 11.6 Å². The molecule has 1 saturated heterocycles. The van der Waals surface area contributed by atoms with Crippen LogP contribution >= 0.6 is 11.6 Å². The molecule has 1 aliphatic carbocycles. The molecule has 4 rings (SSSR count). The van der Waals surface area contributed by atoms with Crippen molar-refractivity contribution in [1.82, 2.24) is 10.3 Å². The van der Waals surface area contributed by atoms with Gasteiger partial charge in [-0.1, -0.05) is 11.6 Å². The van der Waals surface area contributed by atoms with Crippen molar-refractivity contribution in [3.8, 4) is 11.1 Å². The summed E-state index contributed by atoms with van der Waals surface area (Å²) in [6.07, 6.45) is 8.02. The third-order valence-corrected chi connectivity index (χ3v) is 7.36. The third-order valence-electron chi connectivity index (χ3n) is 7.06. The lowest BCUT2D eigenvalue weighted by Crippen LogP contribution is -2.42. The minimum Gasteiger partial charge on any atom is -0.385 e. The summed E-state index contributed by atoms with van der Waals surface area (Å²) in [7, 11) is 1.73. The summed E-state index contributed by atoms with van der Waals surface area (Å²) in [5, 5.41) is 11.1. The summed E-state index contributed by atoms with van der Waals surface area (Å²) in [6.45, 7) is 5.36. The molecule has 8 heteroatoms. The Morgan fingerprint density at radius 1 is 1.09 bits per heavy atom. The zero-order valence-corrected chi connectivity index (χ0v) is 21.5. The maximum absolute atomic E-state index is 14.9. The van der Waals surface area contributed by atoms with E-state index in [1.54, 1.807) is 19.4 Å². The molecule has 3 N–H and O–H groups in total. The highest BCUT2D eigenvalue weighted by Gasteiger charge is 2.23. The van der Waals surface area contributed by atoms with Crippen LogP contribution in [-0.4, -0.2) is 56.6 Å². The lowest BCUT2D eigenvalue weighted by Gasteiger charge is -2.32. The number of pyridine rings is 1. The molecule has 0 spiro atoms. The van der Waals surface area contributed by atoms with Crippen molar-refractivity contribution < 1.29 is 13.9 Å². The molecular formula is C27H38ClFN4O2. The van der Waals surface area contributed by atoms with Gasteiger partial charge >= 0.3 is 0 Å². The normalized spacial score (nSPS) is 22.1. The first-order chi connectivity index (χ1) is 17.0. The number of nitrogens with one attached hydrogen (secondary N) is 3. The van der Waals surface area contributed by atoms with Gasteiger partial charge in [-0.2, -0.15) is 0 Å². The predicted molar refractivity (Wildman–Crippen MR) is 141 cm³/mol. The van der Waals surface area contributed by atoms with Crippen LogP contribution in [0.2, 0.25) is 5.02 Å². The van der Waals surface area contributed by atoms with E-state index in [4.69, 9.17) is 21.1 Å². The Kier molecular flexibility index (Phi) is 9.60. The van der Waals surface area contributed by atoms with E-state index in [9.17, 15) is 4.39 Å². The van der Waals surface area contributed by atoms with Crippen LogP contribution in [0.5, 0.6) is 0 Å². The maximum atomic E-state index is 14.9. The van der Waals surface area contributed by atoms with E-state index in [2.05, 4.69) is 27.9 Å². The molecule has 6 nitrogen and oxygen atoms in total. The molecule has 35 heavy (non-hydrogen) atoms. The van der Waals surface area contributed by atoms with Crippen LogP contribution in [0.4, 0.5) is 15.9 Å². The fraction of sp³-hybridized carbons (Fsp3) is 0.593. The van der Waals surface area contributed by atoms with E-state index in [0.717, 1.165) is 76.4 Å². The summed E-state index contributed by atoms with van der Waals surface area (Å²) >= 11 is 6.48. The van der Waals surface area contributed by atoms with Crippen molar-refractivity contribution in [2.24, 2.45) is 5.92 Å². The molecule has 2 aliphatic rings. The number of benzene rings is 1. The van der Waals surface area contributed by atoms with E-state index < -0.39 is 0 Å². The van der Waals surface area contributed by atoms with Crippen molar-refractivity contribution in [3.63, 3.8) is 0 Å². The van der Waals surface area contributed by atoms with Gasteiger partial charge in [0.15, 0.2) is 0 Å². The molecule has 1 atom stereocenters. The van der Waals surface area contributed by atoms with Gasteiger partial charge < -0.3 is 25.4 Å². The highest BCUT2D eigenvalue weighted by atomic mass is 35.5. The molecule has 2 fully saturated rings. The molecule has 1 saturated carbocycles. The Morgan fingerprint density at radius 3 is 2.57 bits per heavy atom. The van der Waals surface area contributed by atoms with E-state index in [1.165, 1.54) is 6.07 Å². The monoisotopic (exact) mass is 504 g/mol. The van der Waals surface area contributed by atoms with E-state index in [-0.39, 0.29) is 5.82 Å². The number of anilines is 2. The fourth-order valence-electron chi connectivity index (χ4n) is 5.09. The fourth-order valence-corrected chi connectivity index (χ4v) is 5.30. The molecule has 1 aliphatic heterocycles. The molecule has 2 heterocycles. The van der Waals surface area contributed by atoms with Gasteiger partial charge in [0, 0.05) is 68.0 Å². The molecule has 2 aromatic rings. The summed E-state index contributed by atoms with van der Waals surface area (Å²) in [5.74, 6) is 1.01. The molecule has 192 valence electrons. The van der Waals surface area contributed by atoms with Crippen LogP contribution in [0.3, 0.4) is 0 Å². The van der Waals surface area contributed by atoms with E-state index in [0.29, 0.717) is 40.2 Å².